The van der Waals surface area contributed by atoms with Crippen LogP contribution in [0, 0.1) is 11.7 Å². The van der Waals surface area contributed by atoms with Gasteiger partial charge in [0.05, 0.1) is 47.0 Å². The molecule has 3 fully saturated rings. The number of fused-ring (bicyclic) bond motifs is 3. The third-order valence-electron chi connectivity index (χ3n) is 8.04. The Kier molecular flexibility index (Phi) is 7.07. The zero-order valence-corrected chi connectivity index (χ0v) is 23.8. The van der Waals surface area contributed by atoms with E-state index in [1.807, 2.05) is 0 Å². The normalized spacial score (nSPS) is 24.3. The number of alkyl halides is 3. The average Bonchev–Trinajstić information content (AvgIpc) is 3.43. The molecule has 0 spiro atoms. The monoisotopic (exact) mass is 639 g/mol. The summed E-state index contributed by atoms with van der Waals surface area (Å²) in [5, 5.41) is 3.93. The molecule has 7 rings (SSSR count). The molecule has 2 N–H and O–H groups in total. The summed E-state index contributed by atoms with van der Waals surface area (Å²) < 4.78 is 93.8. The van der Waals surface area contributed by atoms with Crippen molar-refractivity contribution >= 4 is 27.5 Å². The van der Waals surface area contributed by atoms with Crippen molar-refractivity contribution in [1.82, 2.24) is 15.0 Å². The molecule has 0 radical (unpaired) electrons. The van der Waals surface area contributed by atoms with Gasteiger partial charge in [0.15, 0.2) is 9.84 Å². The average molecular weight is 640 g/mol. The van der Waals surface area contributed by atoms with Crippen LogP contribution in [0.4, 0.5) is 28.0 Å². The molecule has 2 aromatic carbocycles. The molecule has 12 nitrogen and oxygen atoms in total. The highest BCUT2D eigenvalue weighted by Crippen LogP contribution is 2.52. The number of hydrogen-bond acceptors (Lipinski definition) is 10. The predicted molar refractivity (Wildman–Crippen MR) is 142 cm³/mol. The zero-order valence-electron chi connectivity index (χ0n) is 23.0. The van der Waals surface area contributed by atoms with Crippen molar-refractivity contribution in [2.45, 2.75) is 42.1 Å². The van der Waals surface area contributed by atoms with Gasteiger partial charge in [0, 0.05) is 13.1 Å². The summed E-state index contributed by atoms with van der Waals surface area (Å²) in [6.07, 6.45) is -4.07. The minimum Gasteiger partial charge on any atom is -0.453 e. The molecule has 3 aromatic rings. The topological polar surface area (TPSA) is 158 Å². The summed E-state index contributed by atoms with van der Waals surface area (Å²) in [5.41, 5.74) is 5.11. The fourth-order valence-electron chi connectivity index (χ4n) is 6.14. The summed E-state index contributed by atoms with van der Waals surface area (Å²) in [5.74, 6) is -2.93. The van der Waals surface area contributed by atoms with Gasteiger partial charge in [-0.2, -0.15) is 4.98 Å². The first-order valence-electron chi connectivity index (χ1n) is 13.3. The van der Waals surface area contributed by atoms with E-state index in [0.29, 0.717) is 24.9 Å². The maximum absolute atomic E-state index is 15.5. The maximum Gasteiger partial charge on any atom is 0.573 e. The molecule has 0 unspecified atom stereocenters. The number of benzene rings is 2. The number of halogens is 4. The van der Waals surface area contributed by atoms with E-state index in [2.05, 4.69) is 14.9 Å². The van der Waals surface area contributed by atoms with Crippen LogP contribution in [0.5, 0.6) is 5.75 Å². The second-order valence-corrected chi connectivity index (χ2v) is 13.1. The van der Waals surface area contributed by atoms with Gasteiger partial charge in [0.25, 0.3) is 0 Å². The van der Waals surface area contributed by atoms with Gasteiger partial charge in [0.2, 0.25) is 17.6 Å². The number of amides is 2. The van der Waals surface area contributed by atoms with E-state index in [9.17, 15) is 31.2 Å². The van der Waals surface area contributed by atoms with Crippen molar-refractivity contribution < 1.29 is 49.6 Å². The molecule has 1 aliphatic carbocycles. The SMILES string of the molecule is COC(=O)N1CC2CC(c3nc(-c4cc5c(cc4F)S(=O)(=O)C[C@H](N)C(=O)N5Cc4ccc(OC(F)(F)F)cc4)no3)(C2)C1. The highest BCUT2D eigenvalue weighted by molar-refractivity contribution is 7.91. The first-order valence-corrected chi connectivity index (χ1v) is 15.0. The number of nitrogens with zero attached hydrogens (tertiary/aromatic N) is 4. The van der Waals surface area contributed by atoms with Crippen molar-refractivity contribution in [3.05, 3.63) is 53.7 Å². The highest BCUT2D eigenvalue weighted by Gasteiger charge is 2.56. The summed E-state index contributed by atoms with van der Waals surface area (Å²) in [6.45, 7) is 0.473. The Bertz CT molecular complexity index is 1740. The van der Waals surface area contributed by atoms with E-state index in [1.54, 1.807) is 0 Å². The Balaban J connectivity index is 1.36. The fraction of sp³-hybridized carbons (Fsp3) is 0.407. The lowest BCUT2D eigenvalue weighted by Gasteiger charge is -2.53. The molecule has 44 heavy (non-hydrogen) atoms. The molecule has 1 aromatic heterocycles. The lowest BCUT2D eigenvalue weighted by Crippen LogP contribution is -2.60. The molecule has 234 valence electrons. The van der Waals surface area contributed by atoms with Crippen LogP contribution in [-0.4, -0.2) is 73.8 Å². The van der Waals surface area contributed by atoms with Crippen molar-refractivity contribution in [3.8, 4) is 17.1 Å². The molecule has 4 aliphatic rings. The van der Waals surface area contributed by atoms with Gasteiger partial charge >= 0.3 is 12.5 Å². The molecule has 1 atom stereocenters. The maximum atomic E-state index is 15.5. The number of hydrogen-bond donors (Lipinski definition) is 1. The van der Waals surface area contributed by atoms with Crippen LogP contribution in [0.2, 0.25) is 0 Å². The van der Waals surface area contributed by atoms with Crippen LogP contribution < -0.4 is 15.4 Å². The van der Waals surface area contributed by atoms with Crippen LogP contribution in [-0.2, 0) is 31.3 Å². The number of carbonyl (C=O) groups is 2. The standard InChI is InChI=1S/C27H25F4N5O7S/c1-41-25(38)35-10-15-8-26(9-15,13-35)24-33-22(34-43-24)17-6-20-21(7-18(17)28)44(39,40)12-19(32)23(37)36(20)11-14-2-4-16(5-3-14)42-27(29,30)31/h2-7,15,19H,8-13,32H2,1H3/t15?,19-,26?/m0/s1. The van der Waals surface area contributed by atoms with Gasteiger partial charge in [-0.25, -0.2) is 17.6 Å². The van der Waals surface area contributed by atoms with Crippen LogP contribution in [0.15, 0.2) is 45.8 Å². The van der Waals surface area contributed by atoms with Gasteiger partial charge in [-0.1, -0.05) is 17.3 Å². The summed E-state index contributed by atoms with van der Waals surface area (Å²) in [6, 6.07) is 4.97. The van der Waals surface area contributed by atoms with Crippen LogP contribution in [0.3, 0.4) is 0 Å². The zero-order chi connectivity index (χ0) is 31.6. The summed E-state index contributed by atoms with van der Waals surface area (Å²) >= 11 is 0. The third-order valence-corrected chi connectivity index (χ3v) is 9.83. The van der Waals surface area contributed by atoms with Crippen molar-refractivity contribution in [3.63, 3.8) is 0 Å². The van der Waals surface area contributed by atoms with E-state index in [0.717, 1.165) is 29.2 Å². The van der Waals surface area contributed by atoms with E-state index in [4.69, 9.17) is 15.0 Å². The second kappa shape index (κ2) is 10.4. The molecule has 2 bridgehead atoms. The number of carbonyl (C=O) groups excluding carboxylic acids is 2. The number of rotatable bonds is 5. The van der Waals surface area contributed by atoms with Crippen LogP contribution in [0.25, 0.3) is 11.4 Å². The quantitative estimate of drug-likeness (QED) is 0.411. The number of sulfone groups is 1. The minimum absolute atomic E-state index is 0.176. The van der Waals surface area contributed by atoms with Gasteiger partial charge in [-0.05, 0) is 48.6 Å². The van der Waals surface area contributed by atoms with Crippen molar-refractivity contribution in [2.24, 2.45) is 11.7 Å². The lowest BCUT2D eigenvalue weighted by molar-refractivity contribution is -0.274. The van der Waals surface area contributed by atoms with E-state index >= 15 is 4.39 Å². The third kappa shape index (κ3) is 5.34. The van der Waals surface area contributed by atoms with Gasteiger partial charge in [-0.15, -0.1) is 13.2 Å². The van der Waals surface area contributed by atoms with Gasteiger partial charge in [0.1, 0.15) is 11.6 Å². The van der Waals surface area contributed by atoms with Gasteiger partial charge in [-0.3, -0.25) is 4.79 Å². The molecule has 1 saturated carbocycles. The number of aromatic nitrogens is 2. The Morgan fingerprint density at radius 1 is 1.20 bits per heavy atom. The minimum atomic E-state index is -4.91. The molecular formula is C27H25F4N5O7S. The molecule has 2 amide bonds. The van der Waals surface area contributed by atoms with Crippen LogP contribution in [0.1, 0.15) is 24.3 Å². The van der Waals surface area contributed by atoms with Crippen molar-refractivity contribution in [2.75, 3.05) is 30.9 Å². The highest BCUT2D eigenvalue weighted by atomic mass is 32.2. The second-order valence-electron chi connectivity index (χ2n) is 11.1. The molecule has 3 aliphatic heterocycles. The first kappa shape index (κ1) is 29.8. The van der Waals surface area contributed by atoms with Crippen molar-refractivity contribution in [1.29, 1.82) is 0 Å². The lowest BCUT2D eigenvalue weighted by atomic mass is 9.58. The fourth-order valence-corrected chi connectivity index (χ4v) is 7.70. The Morgan fingerprint density at radius 3 is 2.57 bits per heavy atom. The summed E-state index contributed by atoms with van der Waals surface area (Å²) in [4.78, 5) is 31.9. The Hall–Kier alpha value is -4.25. The van der Waals surface area contributed by atoms with E-state index in [1.165, 1.54) is 24.1 Å². The summed E-state index contributed by atoms with van der Waals surface area (Å²) in [7, 11) is -2.98. The number of methoxy groups -OCH3 is 1. The smallest absolute Gasteiger partial charge is 0.453 e. The molecular weight excluding hydrogens is 614 g/mol. The van der Waals surface area contributed by atoms with E-state index < -0.39 is 61.9 Å². The number of anilines is 1. The van der Waals surface area contributed by atoms with E-state index in [-0.39, 0.29) is 42.0 Å². The largest absolute Gasteiger partial charge is 0.573 e. The Labute approximate surface area is 247 Å². The predicted octanol–water partition coefficient (Wildman–Crippen LogP) is 3.15. The Morgan fingerprint density at radius 2 is 1.91 bits per heavy atom. The number of nitrogens with two attached hydrogens (primary N) is 1. The van der Waals surface area contributed by atoms with Gasteiger partial charge < -0.3 is 29.5 Å². The molecule has 17 heteroatoms. The number of ether oxygens (including phenoxy) is 2. The number of piperidine rings is 2. The first-order chi connectivity index (χ1) is 20.7. The van der Waals surface area contributed by atoms with Crippen LogP contribution >= 0.6 is 0 Å². The molecule has 4 heterocycles. The molecule has 2 saturated heterocycles.